The molecule has 6 nitrogen and oxygen atoms in total. The van der Waals surface area contributed by atoms with Gasteiger partial charge in [-0.05, 0) is 25.8 Å². The fourth-order valence-electron chi connectivity index (χ4n) is 2.01. The third-order valence-electron chi connectivity index (χ3n) is 3.16. The maximum atomic E-state index is 12.6. The first-order valence-electron chi connectivity index (χ1n) is 6.13. The summed E-state index contributed by atoms with van der Waals surface area (Å²) in [5.41, 5.74) is -0.354. The lowest BCUT2D eigenvalue weighted by Crippen LogP contribution is -2.47. The quantitative estimate of drug-likeness (QED) is 0.880. The van der Waals surface area contributed by atoms with Crippen LogP contribution >= 0.6 is 0 Å². The summed E-state index contributed by atoms with van der Waals surface area (Å²) in [5.74, 6) is -3.60. The van der Waals surface area contributed by atoms with Gasteiger partial charge in [-0.25, -0.2) is 9.97 Å². The summed E-state index contributed by atoms with van der Waals surface area (Å²) in [7, 11) is 0. The topological polar surface area (TPSA) is 92.2 Å². The number of alkyl halides is 3. The molecule has 0 bridgehead atoms. The highest BCUT2D eigenvalue weighted by molar-refractivity contribution is 5.92. The van der Waals surface area contributed by atoms with E-state index in [0.29, 0.717) is 0 Å². The first-order valence-corrected chi connectivity index (χ1v) is 6.13. The number of carboxylic acid groups (broad SMARTS) is 1. The summed E-state index contributed by atoms with van der Waals surface area (Å²) in [4.78, 5) is 28.9. The minimum atomic E-state index is -4.73. The van der Waals surface area contributed by atoms with E-state index in [1.807, 2.05) is 0 Å². The first kappa shape index (κ1) is 15.2. The highest BCUT2D eigenvalue weighted by atomic mass is 19.4. The number of halogens is 3. The number of carboxylic acids is 1. The van der Waals surface area contributed by atoms with Crippen LogP contribution in [-0.2, 0) is 11.0 Å². The lowest BCUT2D eigenvalue weighted by atomic mass is 9.80. The SMILES string of the molecule is Cc1cc(C(=O)NC2CC(C(=O)O)C2)nc(C(F)(F)F)n1. The number of nitrogens with one attached hydrogen (secondary N) is 1. The average molecular weight is 303 g/mol. The number of nitrogens with zero attached hydrogens (tertiary/aromatic N) is 2. The molecule has 21 heavy (non-hydrogen) atoms. The van der Waals surface area contributed by atoms with Crippen LogP contribution in [0.2, 0.25) is 0 Å². The minimum absolute atomic E-state index is 0.0273. The molecule has 0 spiro atoms. The molecule has 1 saturated carbocycles. The van der Waals surface area contributed by atoms with E-state index in [2.05, 4.69) is 15.3 Å². The predicted molar refractivity (Wildman–Crippen MR) is 63.4 cm³/mol. The van der Waals surface area contributed by atoms with Crippen molar-refractivity contribution < 1.29 is 27.9 Å². The van der Waals surface area contributed by atoms with Gasteiger partial charge >= 0.3 is 12.1 Å². The maximum Gasteiger partial charge on any atom is 0.451 e. The molecule has 114 valence electrons. The van der Waals surface area contributed by atoms with Crippen LogP contribution in [0.1, 0.15) is 34.8 Å². The van der Waals surface area contributed by atoms with Crippen LogP contribution < -0.4 is 5.32 Å². The van der Waals surface area contributed by atoms with Gasteiger partial charge in [-0.15, -0.1) is 0 Å². The Morgan fingerprint density at radius 2 is 1.95 bits per heavy atom. The summed E-state index contributed by atoms with van der Waals surface area (Å²) in [6, 6.07) is 0.793. The minimum Gasteiger partial charge on any atom is -0.481 e. The lowest BCUT2D eigenvalue weighted by molar-refractivity contribution is -0.146. The van der Waals surface area contributed by atoms with E-state index >= 15 is 0 Å². The Balaban J connectivity index is 2.07. The number of carbonyl (C=O) groups excluding carboxylic acids is 1. The third-order valence-corrected chi connectivity index (χ3v) is 3.16. The summed E-state index contributed by atoms with van der Waals surface area (Å²) in [6.45, 7) is 1.33. The Morgan fingerprint density at radius 3 is 2.48 bits per heavy atom. The van der Waals surface area contributed by atoms with Gasteiger partial charge < -0.3 is 10.4 Å². The van der Waals surface area contributed by atoms with E-state index in [9.17, 15) is 22.8 Å². The second-order valence-electron chi connectivity index (χ2n) is 4.89. The van der Waals surface area contributed by atoms with Gasteiger partial charge in [-0.3, -0.25) is 9.59 Å². The highest BCUT2D eigenvalue weighted by Gasteiger charge is 2.37. The molecule has 1 amide bonds. The maximum absolute atomic E-state index is 12.6. The lowest BCUT2D eigenvalue weighted by Gasteiger charge is -2.32. The Kier molecular flexibility index (Phi) is 3.84. The van der Waals surface area contributed by atoms with Crippen LogP contribution in [0.25, 0.3) is 0 Å². The Morgan fingerprint density at radius 1 is 1.33 bits per heavy atom. The fourth-order valence-corrected chi connectivity index (χ4v) is 2.01. The van der Waals surface area contributed by atoms with Crippen LogP contribution in [0, 0.1) is 12.8 Å². The summed E-state index contributed by atoms with van der Waals surface area (Å²) >= 11 is 0. The standard InChI is InChI=1S/C12H12F3N3O3/c1-5-2-8(18-11(16-5)12(13,14)15)9(19)17-7-3-6(4-7)10(20)21/h2,6-7H,3-4H2,1H3,(H,17,19)(H,20,21). The number of hydrogen-bond acceptors (Lipinski definition) is 4. The van der Waals surface area contributed by atoms with E-state index < -0.39 is 29.8 Å². The number of aryl methyl sites for hydroxylation is 1. The van der Waals surface area contributed by atoms with Crippen molar-refractivity contribution in [2.24, 2.45) is 5.92 Å². The second-order valence-corrected chi connectivity index (χ2v) is 4.89. The smallest absolute Gasteiger partial charge is 0.451 e. The monoisotopic (exact) mass is 303 g/mol. The molecule has 1 aromatic heterocycles. The van der Waals surface area contributed by atoms with E-state index in [4.69, 9.17) is 5.11 Å². The van der Waals surface area contributed by atoms with Crippen LogP contribution in [0.15, 0.2) is 6.07 Å². The van der Waals surface area contributed by atoms with Gasteiger partial charge in [0.15, 0.2) is 0 Å². The molecule has 1 aliphatic carbocycles. The Hall–Kier alpha value is -2.19. The van der Waals surface area contributed by atoms with Gasteiger partial charge in [0.2, 0.25) is 5.82 Å². The zero-order valence-corrected chi connectivity index (χ0v) is 10.9. The summed E-state index contributed by atoms with van der Waals surface area (Å²) in [6.07, 6.45) is -4.21. The molecule has 0 saturated heterocycles. The average Bonchev–Trinajstić information content (AvgIpc) is 2.30. The zero-order chi connectivity index (χ0) is 15.8. The third kappa shape index (κ3) is 3.47. The van der Waals surface area contributed by atoms with Gasteiger partial charge in [-0.2, -0.15) is 13.2 Å². The molecule has 0 atom stereocenters. The van der Waals surface area contributed by atoms with Crippen molar-refractivity contribution in [2.75, 3.05) is 0 Å². The van der Waals surface area contributed by atoms with Gasteiger partial charge in [0.05, 0.1) is 5.92 Å². The largest absolute Gasteiger partial charge is 0.481 e. The molecule has 2 rings (SSSR count). The van der Waals surface area contributed by atoms with Crippen LogP contribution in [0.5, 0.6) is 0 Å². The number of amides is 1. The van der Waals surface area contributed by atoms with Gasteiger partial charge in [-0.1, -0.05) is 0 Å². The van der Waals surface area contributed by atoms with E-state index in [0.717, 1.165) is 6.07 Å². The van der Waals surface area contributed by atoms with E-state index in [1.165, 1.54) is 6.92 Å². The van der Waals surface area contributed by atoms with Crippen LogP contribution in [0.4, 0.5) is 13.2 Å². The molecule has 2 N–H and O–H groups in total. The fraction of sp³-hybridized carbons (Fsp3) is 0.500. The van der Waals surface area contributed by atoms with Crippen molar-refractivity contribution in [3.8, 4) is 0 Å². The number of carbonyl (C=O) groups is 2. The van der Waals surface area contributed by atoms with Crippen molar-refractivity contribution in [2.45, 2.75) is 32.0 Å². The normalized spacial score (nSPS) is 21.5. The molecule has 0 unspecified atom stereocenters. The molecule has 1 aromatic rings. The van der Waals surface area contributed by atoms with Crippen LogP contribution in [-0.4, -0.2) is 33.0 Å². The zero-order valence-electron chi connectivity index (χ0n) is 10.9. The Bertz CT molecular complexity index is 583. The molecule has 1 fully saturated rings. The molecule has 0 aliphatic heterocycles. The van der Waals surface area contributed by atoms with Gasteiger partial charge in [0, 0.05) is 11.7 Å². The summed E-state index contributed by atoms with van der Waals surface area (Å²) < 4.78 is 37.7. The molecular weight excluding hydrogens is 291 g/mol. The van der Waals surface area contributed by atoms with E-state index in [-0.39, 0.29) is 30.3 Å². The molecule has 9 heteroatoms. The number of hydrogen-bond donors (Lipinski definition) is 2. The predicted octanol–water partition coefficient (Wildman–Crippen LogP) is 1.40. The molecule has 0 aromatic carbocycles. The summed E-state index contributed by atoms with van der Waals surface area (Å²) in [5, 5.41) is 11.2. The highest BCUT2D eigenvalue weighted by Crippen LogP contribution is 2.28. The van der Waals surface area contributed by atoms with E-state index in [1.54, 1.807) is 0 Å². The van der Waals surface area contributed by atoms with Crippen molar-refractivity contribution in [1.82, 2.24) is 15.3 Å². The first-order chi connectivity index (χ1) is 9.66. The molecule has 0 radical (unpaired) electrons. The van der Waals surface area contributed by atoms with Crippen molar-refractivity contribution in [3.05, 3.63) is 23.3 Å². The van der Waals surface area contributed by atoms with Crippen molar-refractivity contribution >= 4 is 11.9 Å². The molecular formula is C12H12F3N3O3. The van der Waals surface area contributed by atoms with Crippen molar-refractivity contribution in [1.29, 1.82) is 0 Å². The molecule has 1 heterocycles. The van der Waals surface area contributed by atoms with Gasteiger partial charge in [0.25, 0.3) is 5.91 Å². The number of rotatable bonds is 3. The van der Waals surface area contributed by atoms with Gasteiger partial charge in [0.1, 0.15) is 5.69 Å². The number of aromatic nitrogens is 2. The molecule has 1 aliphatic rings. The second kappa shape index (κ2) is 5.30. The Labute approximate surface area is 117 Å². The van der Waals surface area contributed by atoms with Crippen molar-refractivity contribution in [3.63, 3.8) is 0 Å². The van der Waals surface area contributed by atoms with Crippen LogP contribution in [0.3, 0.4) is 0 Å². The number of aliphatic carboxylic acids is 1.